The van der Waals surface area contributed by atoms with Gasteiger partial charge in [-0.3, -0.25) is 0 Å². The molecule has 5 heteroatoms. The molecule has 0 amide bonds. The summed E-state index contributed by atoms with van der Waals surface area (Å²) in [5, 5.41) is 0.243. The van der Waals surface area contributed by atoms with Gasteiger partial charge in [-0.25, -0.2) is 0 Å². The van der Waals surface area contributed by atoms with Crippen molar-refractivity contribution >= 4 is 10.2 Å². The van der Waals surface area contributed by atoms with Crippen LogP contribution in [0, 0.1) is 0 Å². The van der Waals surface area contributed by atoms with Gasteiger partial charge in [0.05, 0.1) is 17.8 Å². The normalized spacial score (nSPS) is 17.1. The van der Waals surface area contributed by atoms with E-state index in [0.29, 0.717) is 6.10 Å². The molecule has 0 bridgehead atoms. The quantitative estimate of drug-likeness (QED) is 0.559. The number of hydrogen-bond acceptors (Lipinski definition) is 3. The first-order valence-corrected chi connectivity index (χ1v) is 6.27. The van der Waals surface area contributed by atoms with Crippen molar-refractivity contribution < 1.29 is 17.0 Å². The van der Waals surface area contributed by atoms with Crippen molar-refractivity contribution in [1.82, 2.24) is 0 Å². The van der Waals surface area contributed by atoms with Crippen LogP contribution in [0.15, 0.2) is 24.8 Å². The Kier molecular flexibility index (Phi) is 7.03. The van der Waals surface area contributed by atoms with Gasteiger partial charge in [0, 0.05) is 0 Å². The van der Waals surface area contributed by atoms with E-state index in [4.69, 9.17) is 4.74 Å². The SMILES string of the molecule is C=COC1CCCCC1.C=CS(=O)(=O)F. The average molecular weight is 236 g/mol. The third-order valence-electron chi connectivity index (χ3n) is 2.04. The summed E-state index contributed by atoms with van der Waals surface area (Å²) in [6, 6.07) is 0. The Morgan fingerprint density at radius 2 is 1.67 bits per heavy atom. The molecular weight excluding hydrogens is 219 g/mol. The van der Waals surface area contributed by atoms with Crippen LogP contribution in [0.1, 0.15) is 32.1 Å². The second kappa shape index (κ2) is 7.45. The third-order valence-corrected chi connectivity index (χ3v) is 2.44. The zero-order valence-electron chi connectivity index (χ0n) is 8.69. The highest BCUT2D eigenvalue weighted by Gasteiger charge is 2.11. The number of hydrogen-bond donors (Lipinski definition) is 0. The zero-order valence-corrected chi connectivity index (χ0v) is 9.51. The Balaban J connectivity index is 0.000000288. The number of halogens is 1. The lowest BCUT2D eigenvalue weighted by atomic mass is 9.98. The van der Waals surface area contributed by atoms with Gasteiger partial charge >= 0.3 is 10.2 Å². The highest BCUT2D eigenvalue weighted by atomic mass is 32.3. The zero-order chi connectivity index (χ0) is 11.7. The molecule has 0 unspecified atom stereocenters. The van der Waals surface area contributed by atoms with E-state index in [9.17, 15) is 12.3 Å². The maximum atomic E-state index is 11.0. The van der Waals surface area contributed by atoms with Gasteiger partial charge in [0.1, 0.15) is 0 Å². The van der Waals surface area contributed by atoms with Crippen molar-refractivity contribution in [1.29, 1.82) is 0 Å². The van der Waals surface area contributed by atoms with Crippen molar-refractivity contribution in [3.63, 3.8) is 0 Å². The fourth-order valence-corrected chi connectivity index (χ4v) is 1.34. The Hall–Kier alpha value is -0.840. The number of rotatable bonds is 3. The molecule has 88 valence electrons. The fraction of sp³-hybridized carbons (Fsp3) is 0.600. The molecule has 0 heterocycles. The lowest BCUT2D eigenvalue weighted by molar-refractivity contribution is 0.107. The average Bonchev–Trinajstić information content (AvgIpc) is 2.20. The van der Waals surface area contributed by atoms with Crippen molar-refractivity contribution in [3.05, 3.63) is 24.8 Å². The molecule has 1 saturated carbocycles. The summed E-state index contributed by atoms with van der Waals surface area (Å²) in [6.45, 7) is 6.20. The molecule has 1 rings (SSSR count). The van der Waals surface area contributed by atoms with Crippen LogP contribution in [0.5, 0.6) is 0 Å². The van der Waals surface area contributed by atoms with E-state index in [1.54, 1.807) is 6.26 Å². The Bertz CT molecular complexity index is 267. The first-order chi connectivity index (χ1) is 6.99. The van der Waals surface area contributed by atoms with E-state index in [2.05, 4.69) is 13.2 Å². The molecule has 1 aliphatic rings. The predicted molar refractivity (Wildman–Crippen MR) is 58.4 cm³/mol. The molecule has 0 spiro atoms. The first kappa shape index (κ1) is 14.2. The van der Waals surface area contributed by atoms with E-state index in [1.165, 1.54) is 32.1 Å². The van der Waals surface area contributed by atoms with Crippen LogP contribution in [0.4, 0.5) is 3.89 Å². The van der Waals surface area contributed by atoms with Crippen molar-refractivity contribution in [3.8, 4) is 0 Å². The maximum Gasteiger partial charge on any atom is 0.324 e. The summed E-state index contributed by atoms with van der Waals surface area (Å²) in [5.41, 5.74) is 0. The van der Waals surface area contributed by atoms with E-state index in [1.807, 2.05) is 0 Å². The van der Waals surface area contributed by atoms with Crippen LogP contribution in [0.25, 0.3) is 0 Å². The Labute approximate surface area is 90.8 Å². The molecule has 3 nitrogen and oxygen atoms in total. The van der Waals surface area contributed by atoms with Gasteiger partial charge < -0.3 is 4.74 Å². The van der Waals surface area contributed by atoms with Crippen molar-refractivity contribution in [2.45, 2.75) is 38.2 Å². The fourth-order valence-electron chi connectivity index (χ4n) is 1.34. The second-order valence-electron chi connectivity index (χ2n) is 3.21. The lowest BCUT2D eigenvalue weighted by Gasteiger charge is -2.20. The lowest BCUT2D eigenvalue weighted by Crippen LogP contribution is -2.13. The molecule has 0 aromatic carbocycles. The monoisotopic (exact) mass is 236 g/mol. The molecule has 15 heavy (non-hydrogen) atoms. The molecule has 1 aliphatic carbocycles. The largest absolute Gasteiger partial charge is 0.499 e. The maximum absolute atomic E-state index is 11.0. The second-order valence-corrected chi connectivity index (χ2v) is 4.49. The summed E-state index contributed by atoms with van der Waals surface area (Å²) in [4.78, 5) is 0. The van der Waals surface area contributed by atoms with Crippen LogP contribution >= 0.6 is 0 Å². The van der Waals surface area contributed by atoms with Crippen molar-refractivity contribution in [2.75, 3.05) is 0 Å². The standard InChI is InChI=1S/C8H14O.C2H3FO2S/c1-2-9-8-6-4-3-5-7-8;1-2-6(3,4)5/h2,8H,1,3-7H2;2H,1H2. The van der Waals surface area contributed by atoms with E-state index in [0.717, 1.165) is 0 Å². The van der Waals surface area contributed by atoms with Gasteiger partial charge in [-0.15, -0.1) is 3.89 Å². The van der Waals surface area contributed by atoms with Crippen molar-refractivity contribution in [2.24, 2.45) is 0 Å². The number of ether oxygens (including phenoxy) is 1. The first-order valence-electron chi connectivity index (χ1n) is 4.83. The molecule has 0 aromatic rings. The van der Waals surface area contributed by atoms with Gasteiger partial charge in [-0.05, 0) is 25.7 Å². The van der Waals surface area contributed by atoms with Crippen LogP contribution < -0.4 is 0 Å². The predicted octanol–water partition coefficient (Wildman–Crippen LogP) is 2.91. The minimum Gasteiger partial charge on any atom is -0.499 e. The summed E-state index contributed by atoms with van der Waals surface area (Å²) in [6.07, 6.45) is 8.55. The molecule has 0 N–H and O–H groups in total. The van der Waals surface area contributed by atoms with Gasteiger partial charge in [0.2, 0.25) is 0 Å². The molecule has 0 saturated heterocycles. The third kappa shape index (κ3) is 9.46. The molecule has 0 radical (unpaired) electrons. The summed E-state index contributed by atoms with van der Waals surface area (Å²) >= 11 is 0. The smallest absolute Gasteiger partial charge is 0.324 e. The minimum absolute atomic E-state index is 0.243. The molecular formula is C10H17FO3S. The van der Waals surface area contributed by atoms with Crippen LogP contribution in [0.2, 0.25) is 0 Å². The minimum atomic E-state index is -4.40. The topological polar surface area (TPSA) is 43.4 Å². The molecule has 0 aromatic heterocycles. The van der Waals surface area contributed by atoms with Crippen LogP contribution in [-0.2, 0) is 15.0 Å². The van der Waals surface area contributed by atoms with E-state index < -0.39 is 10.2 Å². The Morgan fingerprint density at radius 1 is 1.20 bits per heavy atom. The highest BCUT2D eigenvalue weighted by Crippen LogP contribution is 2.19. The highest BCUT2D eigenvalue weighted by molar-refractivity contribution is 7.89. The molecule has 0 aliphatic heterocycles. The van der Waals surface area contributed by atoms with E-state index >= 15 is 0 Å². The van der Waals surface area contributed by atoms with Gasteiger partial charge in [-0.1, -0.05) is 19.6 Å². The molecule has 0 atom stereocenters. The van der Waals surface area contributed by atoms with Gasteiger partial charge in [0.15, 0.2) is 0 Å². The van der Waals surface area contributed by atoms with Crippen LogP contribution in [0.3, 0.4) is 0 Å². The summed E-state index contributed by atoms with van der Waals surface area (Å²) < 4.78 is 34.6. The van der Waals surface area contributed by atoms with Gasteiger partial charge in [0.25, 0.3) is 0 Å². The molecule has 1 fully saturated rings. The van der Waals surface area contributed by atoms with E-state index in [-0.39, 0.29) is 5.41 Å². The summed E-state index contributed by atoms with van der Waals surface area (Å²) in [7, 11) is -4.40. The van der Waals surface area contributed by atoms with Crippen LogP contribution in [-0.4, -0.2) is 14.5 Å². The van der Waals surface area contributed by atoms with Gasteiger partial charge in [-0.2, -0.15) is 8.42 Å². The summed E-state index contributed by atoms with van der Waals surface area (Å²) in [5.74, 6) is 0. The Morgan fingerprint density at radius 3 is 2.00 bits per heavy atom.